The first-order valence-corrected chi connectivity index (χ1v) is 7.49. The van der Waals surface area contributed by atoms with Crippen molar-refractivity contribution in [2.75, 3.05) is 6.61 Å². The lowest BCUT2D eigenvalue weighted by Gasteiger charge is -2.11. The number of aryl methyl sites for hydroxylation is 1. The molecule has 0 saturated heterocycles. The summed E-state index contributed by atoms with van der Waals surface area (Å²) >= 11 is 0. The molecule has 4 nitrogen and oxygen atoms in total. The maximum absolute atomic E-state index is 12.6. The largest absolute Gasteiger partial charge is 0.490 e. The molecule has 23 heavy (non-hydrogen) atoms. The molecule has 3 rings (SSSR count). The van der Waals surface area contributed by atoms with E-state index in [9.17, 15) is 4.79 Å². The van der Waals surface area contributed by atoms with E-state index in [1.54, 1.807) is 24.3 Å². The Bertz CT molecular complexity index is 858. The highest BCUT2D eigenvalue weighted by Crippen LogP contribution is 2.28. The van der Waals surface area contributed by atoms with Gasteiger partial charge in [-0.25, -0.2) is 4.79 Å². The van der Waals surface area contributed by atoms with E-state index in [0.29, 0.717) is 23.7 Å². The summed E-state index contributed by atoms with van der Waals surface area (Å²) in [5, 5.41) is 0.775. The third-order valence-corrected chi connectivity index (χ3v) is 3.42. The van der Waals surface area contributed by atoms with Crippen LogP contribution in [-0.2, 0) is 0 Å². The van der Waals surface area contributed by atoms with Gasteiger partial charge in [-0.3, -0.25) is 4.98 Å². The zero-order valence-electron chi connectivity index (χ0n) is 13.1. The van der Waals surface area contributed by atoms with Crippen LogP contribution in [0.4, 0.5) is 0 Å². The van der Waals surface area contributed by atoms with E-state index in [4.69, 9.17) is 9.47 Å². The molecule has 0 saturated carbocycles. The van der Waals surface area contributed by atoms with Crippen LogP contribution < -0.4 is 9.47 Å². The topological polar surface area (TPSA) is 48.4 Å². The standard InChI is InChI=1S/C19H17NO3/c1-3-22-17-10-6-7-11-18(17)23-19(21)15-12-13(2)20-16-9-5-4-8-14(15)16/h4-12H,3H2,1-2H3. The summed E-state index contributed by atoms with van der Waals surface area (Å²) in [5.41, 5.74) is 2.05. The average Bonchev–Trinajstić information content (AvgIpc) is 2.56. The molecule has 0 N–H and O–H groups in total. The smallest absolute Gasteiger partial charge is 0.344 e. The second kappa shape index (κ2) is 6.48. The molecule has 0 atom stereocenters. The van der Waals surface area contributed by atoms with Gasteiger partial charge in [0.2, 0.25) is 0 Å². The highest BCUT2D eigenvalue weighted by Gasteiger charge is 2.16. The SMILES string of the molecule is CCOc1ccccc1OC(=O)c1cc(C)nc2ccccc12. The number of carbonyl (C=O) groups excluding carboxylic acids is 1. The Kier molecular flexibility index (Phi) is 4.24. The minimum absolute atomic E-state index is 0.415. The van der Waals surface area contributed by atoms with Gasteiger partial charge in [0.25, 0.3) is 0 Å². The molecule has 0 spiro atoms. The van der Waals surface area contributed by atoms with Crippen LogP contribution in [0.3, 0.4) is 0 Å². The predicted molar refractivity (Wildman–Crippen MR) is 89.0 cm³/mol. The third-order valence-electron chi connectivity index (χ3n) is 3.42. The zero-order chi connectivity index (χ0) is 16.2. The summed E-state index contributed by atoms with van der Waals surface area (Å²) in [6.07, 6.45) is 0. The minimum atomic E-state index is -0.418. The van der Waals surface area contributed by atoms with Crippen LogP contribution in [0.25, 0.3) is 10.9 Å². The molecular formula is C19H17NO3. The van der Waals surface area contributed by atoms with Crippen molar-refractivity contribution in [3.05, 3.63) is 65.9 Å². The van der Waals surface area contributed by atoms with Crippen LogP contribution in [0.5, 0.6) is 11.5 Å². The molecule has 0 radical (unpaired) electrons. The normalized spacial score (nSPS) is 10.5. The van der Waals surface area contributed by atoms with Crippen molar-refractivity contribution in [3.63, 3.8) is 0 Å². The van der Waals surface area contributed by atoms with E-state index < -0.39 is 5.97 Å². The highest BCUT2D eigenvalue weighted by molar-refractivity contribution is 6.04. The Labute approximate surface area is 134 Å². The van der Waals surface area contributed by atoms with Gasteiger partial charge in [-0.2, -0.15) is 0 Å². The van der Waals surface area contributed by atoms with Gasteiger partial charge in [-0.05, 0) is 38.1 Å². The number of benzene rings is 2. The molecule has 0 unspecified atom stereocenters. The lowest BCUT2D eigenvalue weighted by molar-refractivity contribution is 0.0730. The molecular weight excluding hydrogens is 290 g/mol. The Balaban J connectivity index is 1.99. The fourth-order valence-electron chi connectivity index (χ4n) is 2.44. The van der Waals surface area contributed by atoms with E-state index in [1.807, 2.05) is 44.2 Å². The van der Waals surface area contributed by atoms with Crippen molar-refractivity contribution in [1.29, 1.82) is 0 Å². The number of aromatic nitrogens is 1. The van der Waals surface area contributed by atoms with E-state index in [0.717, 1.165) is 16.6 Å². The van der Waals surface area contributed by atoms with Gasteiger partial charge in [0.15, 0.2) is 11.5 Å². The zero-order valence-corrected chi connectivity index (χ0v) is 13.1. The molecule has 0 fully saturated rings. The summed E-state index contributed by atoms with van der Waals surface area (Å²) in [6, 6.07) is 16.4. The number of nitrogens with zero attached hydrogens (tertiary/aromatic N) is 1. The number of ether oxygens (including phenoxy) is 2. The first-order chi connectivity index (χ1) is 11.2. The summed E-state index contributed by atoms with van der Waals surface area (Å²) in [5.74, 6) is 0.551. The molecule has 0 aliphatic carbocycles. The van der Waals surface area contributed by atoms with E-state index in [1.165, 1.54) is 0 Å². The van der Waals surface area contributed by atoms with E-state index >= 15 is 0 Å². The second-order valence-electron chi connectivity index (χ2n) is 5.10. The summed E-state index contributed by atoms with van der Waals surface area (Å²) in [4.78, 5) is 17.1. The van der Waals surface area contributed by atoms with Gasteiger partial charge in [-0.15, -0.1) is 0 Å². The number of esters is 1. The van der Waals surface area contributed by atoms with Crippen molar-refractivity contribution in [3.8, 4) is 11.5 Å². The van der Waals surface area contributed by atoms with Crippen LogP contribution in [0.1, 0.15) is 23.0 Å². The van der Waals surface area contributed by atoms with Crippen LogP contribution in [0.15, 0.2) is 54.6 Å². The Morgan fingerprint density at radius 1 is 1.04 bits per heavy atom. The van der Waals surface area contributed by atoms with Crippen molar-refractivity contribution in [1.82, 2.24) is 4.98 Å². The molecule has 0 amide bonds. The van der Waals surface area contributed by atoms with Gasteiger partial charge >= 0.3 is 5.97 Å². The molecule has 0 aliphatic heterocycles. The quantitative estimate of drug-likeness (QED) is 0.536. The van der Waals surface area contributed by atoms with Crippen molar-refractivity contribution >= 4 is 16.9 Å². The molecule has 4 heteroatoms. The fourth-order valence-corrected chi connectivity index (χ4v) is 2.44. The third kappa shape index (κ3) is 3.16. The number of hydrogen-bond acceptors (Lipinski definition) is 4. The first kappa shape index (κ1) is 15.0. The number of hydrogen-bond donors (Lipinski definition) is 0. The lowest BCUT2D eigenvalue weighted by atomic mass is 10.1. The molecule has 116 valence electrons. The maximum Gasteiger partial charge on any atom is 0.344 e. The van der Waals surface area contributed by atoms with Gasteiger partial charge in [-0.1, -0.05) is 30.3 Å². The first-order valence-electron chi connectivity index (χ1n) is 7.49. The fraction of sp³-hybridized carbons (Fsp3) is 0.158. The Morgan fingerprint density at radius 2 is 1.74 bits per heavy atom. The lowest BCUT2D eigenvalue weighted by Crippen LogP contribution is -2.11. The number of rotatable bonds is 4. The second-order valence-corrected chi connectivity index (χ2v) is 5.10. The summed E-state index contributed by atoms with van der Waals surface area (Å²) in [6.45, 7) is 4.25. The predicted octanol–water partition coefficient (Wildman–Crippen LogP) is 4.16. The summed E-state index contributed by atoms with van der Waals surface area (Å²) < 4.78 is 11.1. The summed E-state index contributed by atoms with van der Waals surface area (Å²) in [7, 11) is 0. The van der Waals surface area contributed by atoms with Crippen molar-refractivity contribution in [2.24, 2.45) is 0 Å². The molecule has 3 aromatic rings. The van der Waals surface area contributed by atoms with E-state index in [-0.39, 0.29) is 0 Å². The maximum atomic E-state index is 12.6. The van der Waals surface area contributed by atoms with Crippen LogP contribution in [0.2, 0.25) is 0 Å². The molecule has 1 aromatic heterocycles. The number of para-hydroxylation sites is 3. The molecule has 0 bridgehead atoms. The minimum Gasteiger partial charge on any atom is -0.490 e. The molecule has 1 heterocycles. The van der Waals surface area contributed by atoms with Crippen molar-refractivity contribution in [2.45, 2.75) is 13.8 Å². The van der Waals surface area contributed by atoms with Gasteiger partial charge in [0.05, 0.1) is 17.7 Å². The van der Waals surface area contributed by atoms with Crippen LogP contribution >= 0.6 is 0 Å². The van der Waals surface area contributed by atoms with Gasteiger partial charge in [0, 0.05) is 11.1 Å². The molecule has 2 aromatic carbocycles. The Morgan fingerprint density at radius 3 is 2.52 bits per heavy atom. The Hall–Kier alpha value is -2.88. The van der Waals surface area contributed by atoms with Crippen LogP contribution in [0, 0.1) is 6.92 Å². The van der Waals surface area contributed by atoms with Crippen molar-refractivity contribution < 1.29 is 14.3 Å². The number of fused-ring (bicyclic) bond motifs is 1. The molecule has 0 aliphatic rings. The number of pyridine rings is 1. The van der Waals surface area contributed by atoms with Gasteiger partial charge in [0.1, 0.15) is 0 Å². The highest BCUT2D eigenvalue weighted by atomic mass is 16.6. The monoisotopic (exact) mass is 307 g/mol. The van der Waals surface area contributed by atoms with Gasteiger partial charge < -0.3 is 9.47 Å². The average molecular weight is 307 g/mol. The van der Waals surface area contributed by atoms with Crippen LogP contribution in [-0.4, -0.2) is 17.6 Å². The van der Waals surface area contributed by atoms with E-state index in [2.05, 4.69) is 4.98 Å². The number of carbonyl (C=O) groups is 1.